The predicted molar refractivity (Wildman–Crippen MR) is 114 cm³/mol. The van der Waals surface area contributed by atoms with Crippen LogP contribution in [0.15, 0.2) is 59.5 Å². The largest absolute Gasteiger partial charge is 0.508 e. The minimum Gasteiger partial charge on any atom is -0.508 e. The molecule has 5 rings (SSSR count). The zero-order chi connectivity index (χ0) is 20.0. The maximum absolute atomic E-state index is 13.2. The number of nitrogens with one attached hydrogen (secondary N) is 1. The molecule has 0 radical (unpaired) electrons. The fourth-order valence-corrected chi connectivity index (χ4v) is 6.60. The first-order valence-corrected chi connectivity index (χ1v) is 11.8. The number of hydrogen-bond donors (Lipinski definition) is 2. The number of nitrogens with zero attached hydrogens (tertiary/aromatic N) is 1. The number of allylic oxidation sites excluding steroid dienone is 2. The van der Waals surface area contributed by atoms with E-state index in [0.29, 0.717) is 23.7 Å². The Morgan fingerprint density at radius 3 is 2.59 bits per heavy atom. The molecule has 2 aromatic rings. The Kier molecular flexibility index (Phi) is 4.63. The molecule has 0 amide bonds. The first-order chi connectivity index (χ1) is 14.1. The van der Waals surface area contributed by atoms with Crippen molar-refractivity contribution < 1.29 is 13.5 Å². The van der Waals surface area contributed by atoms with E-state index in [1.165, 1.54) is 0 Å². The molecule has 1 fully saturated rings. The molecule has 1 saturated heterocycles. The molecule has 0 spiro atoms. The van der Waals surface area contributed by atoms with Gasteiger partial charge in [-0.1, -0.05) is 36.8 Å². The van der Waals surface area contributed by atoms with Crippen LogP contribution in [0.1, 0.15) is 48.8 Å². The maximum atomic E-state index is 13.2. The van der Waals surface area contributed by atoms with Crippen molar-refractivity contribution in [1.29, 1.82) is 0 Å². The highest BCUT2D eigenvalue weighted by atomic mass is 32.2. The number of para-hydroxylation sites is 1. The Morgan fingerprint density at radius 2 is 1.79 bits per heavy atom. The number of aromatic hydroxyl groups is 1. The van der Waals surface area contributed by atoms with Crippen LogP contribution in [0.25, 0.3) is 0 Å². The van der Waals surface area contributed by atoms with Crippen LogP contribution in [-0.2, 0) is 10.0 Å². The second-order valence-corrected chi connectivity index (χ2v) is 10.2. The van der Waals surface area contributed by atoms with E-state index in [2.05, 4.69) is 17.5 Å². The van der Waals surface area contributed by atoms with E-state index in [1.54, 1.807) is 16.4 Å². The van der Waals surface area contributed by atoms with E-state index in [-0.39, 0.29) is 17.9 Å². The van der Waals surface area contributed by atoms with Gasteiger partial charge in [0.2, 0.25) is 10.0 Å². The van der Waals surface area contributed by atoms with Crippen molar-refractivity contribution in [1.82, 2.24) is 4.31 Å². The summed E-state index contributed by atoms with van der Waals surface area (Å²) in [5.41, 5.74) is 2.87. The molecule has 3 aliphatic rings. The molecule has 29 heavy (non-hydrogen) atoms. The molecule has 0 saturated carbocycles. The Morgan fingerprint density at radius 1 is 1.00 bits per heavy atom. The highest BCUT2D eigenvalue weighted by Gasteiger charge is 2.39. The fraction of sp³-hybridized carbons (Fsp3) is 0.391. The highest BCUT2D eigenvalue weighted by Crippen LogP contribution is 2.51. The topological polar surface area (TPSA) is 69.6 Å². The Hall–Kier alpha value is -2.31. The summed E-state index contributed by atoms with van der Waals surface area (Å²) < 4.78 is 27.9. The third-order valence-corrected chi connectivity index (χ3v) is 8.45. The van der Waals surface area contributed by atoms with Gasteiger partial charge in [-0.15, -0.1) is 0 Å². The third kappa shape index (κ3) is 3.15. The van der Waals surface area contributed by atoms with Gasteiger partial charge in [0.15, 0.2) is 0 Å². The number of phenolic OH excluding ortho intramolecular Hbond substituents is 1. The van der Waals surface area contributed by atoms with E-state index in [0.717, 1.165) is 42.5 Å². The van der Waals surface area contributed by atoms with E-state index < -0.39 is 10.0 Å². The first-order valence-electron chi connectivity index (χ1n) is 10.4. The van der Waals surface area contributed by atoms with Crippen LogP contribution in [0.4, 0.5) is 5.69 Å². The maximum Gasteiger partial charge on any atom is 0.243 e. The van der Waals surface area contributed by atoms with Crippen LogP contribution >= 0.6 is 0 Å². The van der Waals surface area contributed by atoms with Gasteiger partial charge in [0.05, 0.1) is 10.9 Å². The van der Waals surface area contributed by atoms with Crippen LogP contribution in [-0.4, -0.2) is 30.9 Å². The van der Waals surface area contributed by atoms with Gasteiger partial charge in [0.1, 0.15) is 5.75 Å². The molecular formula is C23H26N2O3S. The van der Waals surface area contributed by atoms with E-state index in [4.69, 9.17) is 0 Å². The Labute approximate surface area is 172 Å². The quantitative estimate of drug-likeness (QED) is 0.736. The van der Waals surface area contributed by atoms with Crippen molar-refractivity contribution in [2.24, 2.45) is 5.92 Å². The van der Waals surface area contributed by atoms with Crippen LogP contribution in [0.2, 0.25) is 0 Å². The van der Waals surface area contributed by atoms with Crippen molar-refractivity contribution in [2.45, 2.75) is 42.5 Å². The standard InChI is InChI=1S/C23H26N2O3S/c26-22-10-3-2-7-19(22)23-18-9-6-8-17(18)20-15-16(11-12-21(20)24-23)29(27,28)25-13-4-1-5-14-25/h2-3,6-8,10-12,15,17-18,23-24,26H,1,4-5,9,13-14H2. The van der Waals surface area contributed by atoms with Crippen LogP contribution in [0.3, 0.4) is 0 Å². The smallest absolute Gasteiger partial charge is 0.243 e. The van der Waals surface area contributed by atoms with E-state index in [9.17, 15) is 13.5 Å². The van der Waals surface area contributed by atoms with Crippen molar-refractivity contribution in [2.75, 3.05) is 18.4 Å². The van der Waals surface area contributed by atoms with Crippen LogP contribution in [0, 0.1) is 5.92 Å². The molecule has 2 aliphatic heterocycles. The van der Waals surface area contributed by atoms with Gasteiger partial charge in [0.25, 0.3) is 0 Å². The normalized spacial score (nSPS) is 26.6. The van der Waals surface area contributed by atoms with Gasteiger partial charge < -0.3 is 10.4 Å². The zero-order valence-electron chi connectivity index (χ0n) is 16.3. The Balaban J connectivity index is 1.53. The number of phenols is 1. The predicted octanol–water partition coefficient (Wildman–Crippen LogP) is 4.39. The lowest BCUT2D eigenvalue weighted by Crippen LogP contribution is -2.36. The number of benzene rings is 2. The summed E-state index contributed by atoms with van der Waals surface area (Å²) in [7, 11) is -3.46. The molecule has 2 aromatic carbocycles. The van der Waals surface area contributed by atoms with Gasteiger partial charge in [0, 0.05) is 30.3 Å². The lowest BCUT2D eigenvalue weighted by Gasteiger charge is -2.38. The van der Waals surface area contributed by atoms with Crippen molar-refractivity contribution in [3.8, 4) is 5.75 Å². The molecule has 152 valence electrons. The van der Waals surface area contributed by atoms with Gasteiger partial charge in [-0.2, -0.15) is 4.31 Å². The minimum absolute atomic E-state index is 0.00625. The van der Waals surface area contributed by atoms with Crippen LogP contribution in [0.5, 0.6) is 5.75 Å². The monoisotopic (exact) mass is 410 g/mol. The second kappa shape index (κ2) is 7.18. The number of hydrogen-bond acceptors (Lipinski definition) is 4. The van der Waals surface area contributed by atoms with E-state index in [1.807, 2.05) is 30.3 Å². The molecule has 6 heteroatoms. The summed E-state index contributed by atoms with van der Waals surface area (Å²) in [6, 6.07) is 12.9. The van der Waals surface area contributed by atoms with Crippen molar-refractivity contribution in [3.05, 3.63) is 65.7 Å². The summed E-state index contributed by atoms with van der Waals surface area (Å²) in [4.78, 5) is 0.389. The average molecular weight is 411 g/mol. The number of fused-ring (bicyclic) bond motifs is 3. The first kappa shape index (κ1) is 18.7. The number of sulfonamides is 1. The molecule has 3 atom stereocenters. The van der Waals surface area contributed by atoms with Gasteiger partial charge in [-0.3, -0.25) is 0 Å². The molecule has 2 heterocycles. The number of anilines is 1. The fourth-order valence-electron chi connectivity index (χ4n) is 5.05. The van der Waals surface area contributed by atoms with Crippen molar-refractivity contribution >= 4 is 15.7 Å². The van der Waals surface area contributed by atoms with E-state index >= 15 is 0 Å². The number of piperidine rings is 1. The van der Waals surface area contributed by atoms with Gasteiger partial charge in [-0.05, 0) is 55.0 Å². The highest BCUT2D eigenvalue weighted by molar-refractivity contribution is 7.89. The van der Waals surface area contributed by atoms with Gasteiger partial charge in [-0.25, -0.2) is 8.42 Å². The number of rotatable bonds is 3. The lowest BCUT2D eigenvalue weighted by molar-refractivity contribution is 0.346. The summed E-state index contributed by atoms with van der Waals surface area (Å²) in [6.45, 7) is 1.22. The minimum atomic E-state index is -3.46. The summed E-state index contributed by atoms with van der Waals surface area (Å²) in [6.07, 6.45) is 8.23. The molecule has 5 nitrogen and oxygen atoms in total. The average Bonchev–Trinajstić information content (AvgIpc) is 3.24. The van der Waals surface area contributed by atoms with Gasteiger partial charge >= 0.3 is 0 Å². The molecule has 0 aromatic heterocycles. The van der Waals surface area contributed by atoms with Crippen molar-refractivity contribution in [3.63, 3.8) is 0 Å². The molecule has 3 unspecified atom stereocenters. The molecular weight excluding hydrogens is 384 g/mol. The summed E-state index contributed by atoms with van der Waals surface area (Å²) in [5, 5.41) is 14.0. The summed E-state index contributed by atoms with van der Waals surface area (Å²) in [5.74, 6) is 0.694. The SMILES string of the molecule is O=S(=O)(c1ccc2c(c1)C1C=CCC1C(c1ccccc1O)N2)N1CCCCC1. The second-order valence-electron chi connectivity index (χ2n) is 8.25. The third-order valence-electron chi connectivity index (χ3n) is 6.56. The zero-order valence-corrected chi connectivity index (χ0v) is 17.1. The summed E-state index contributed by atoms with van der Waals surface area (Å²) >= 11 is 0. The molecule has 1 aliphatic carbocycles. The molecule has 0 bridgehead atoms. The lowest BCUT2D eigenvalue weighted by atomic mass is 9.77. The Bertz CT molecular complexity index is 1060. The van der Waals surface area contributed by atoms with Crippen LogP contribution < -0.4 is 5.32 Å². The molecule has 2 N–H and O–H groups in total.